The maximum Gasteiger partial charge on any atom is 0.242 e. The summed E-state index contributed by atoms with van der Waals surface area (Å²) in [4.78, 5) is 28.6. The van der Waals surface area contributed by atoms with Crippen molar-refractivity contribution < 1.29 is 9.59 Å². The number of carbonyl (C=O) groups is 2. The molecule has 2 rings (SSSR count). The maximum absolute atomic E-state index is 13.2. The molecule has 2 aromatic carbocycles. The molecule has 0 aliphatic carbocycles. The number of benzene rings is 2. The van der Waals surface area contributed by atoms with Gasteiger partial charge >= 0.3 is 0 Å². The molecular weight excluding hydrogens is 404 g/mol. The summed E-state index contributed by atoms with van der Waals surface area (Å²) in [5.41, 5.74) is 2.16. The van der Waals surface area contributed by atoms with Crippen molar-refractivity contribution in [2.75, 3.05) is 12.3 Å². The van der Waals surface area contributed by atoms with Gasteiger partial charge in [0.2, 0.25) is 11.8 Å². The van der Waals surface area contributed by atoms with Crippen molar-refractivity contribution >= 4 is 35.2 Å². The molecule has 156 valence electrons. The van der Waals surface area contributed by atoms with E-state index in [0.29, 0.717) is 24.5 Å². The summed E-state index contributed by atoms with van der Waals surface area (Å²) in [6, 6.07) is 15.0. The second-order valence-corrected chi connectivity index (χ2v) is 8.45. The molecular formula is C23H29ClN2O2S. The molecule has 0 unspecified atom stereocenters. The molecule has 0 fully saturated rings. The van der Waals surface area contributed by atoms with Gasteiger partial charge in [-0.2, -0.15) is 0 Å². The van der Waals surface area contributed by atoms with Crippen molar-refractivity contribution in [3.63, 3.8) is 0 Å². The lowest BCUT2D eigenvalue weighted by atomic mass is 10.1. The first-order chi connectivity index (χ1) is 13.9. The first kappa shape index (κ1) is 23.3. The second kappa shape index (κ2) is 11.9. The fraction of sp³-hybridized carbons (Fsp3) is 0.391. The molecule has 2 amide bonds. The van der Waals surface area contributed by atoms with Crippen LogP contribution in [0.15, 0.2) is 53.4 Å². The third kappa shape index (κ3) is 7.41. The number of aryl methyl sites for hydroxylation is 1. The molecule has 6 heteroatoms. The zero-order chi connectivity index (χ0) is 21.2. The topological polar surface area (TPSA) is 49.4 Å². The van der Waals surface area contributed by atoms with Crippen LogP contribution in [0.25, 0.3) is 0 Å². The van der Waals surface area contributed by atoms with Gasteiger partial charge in [-0.25, -0.2) is 0 Å². The van der Waals surface area contributed by atoms with Crippen LogP contribution in [0.3, 0.4) is 0 Å². The molecule has 0 spiro atoms. The Labute approximate surface area is 183 Å². The van der Waals surface area contributed by atoms with Gasteiger partial charge in [0.15, 0.2) is 0 Å². The summed E-state index contributed by atoms with van der Waals surface area (Å²) in [5, 5.41) is 3.61. The lowest BCUT2D eigenvalue weighted by Crippen LogP contribution is -2.49. The van der Waals surface area contributed by atoms with E-state index >= 15 is 0 Å². The van der Waals surface area contributed by atoms with E-state index < -0.39 is 6.04 Å². The Morgan fingerprint density at radius 1 is 1.14 bits per heavy atom. The van der Waals surface area contributed by atoms with Gasteiger partial charge in [0, 0.05) is 23.0 Å². The number of hydrogen-bond acceptors (Lipinski definition) is 3. The van der Waals surface area contributed by atoms with Crippen LogP contribution in [0.1, 0.15) is 37.8 Å². The molecule has 0 saturated carbocycles. The van der Waals surface area contributed by atoms with Gasteiger partial charge in [0.25, 0.3) is 0 Å². The highest BCUT2D eigenvalue weighted by molar-refractivity contribution is 8.00. The van der Waals surface area contributed by atoms with Crippen LogP contribution in [0.4, 0.5) is 0 Å². The summed E-state index contributed by atoms with van der Waals surface area (Å²) in [6.07, 6.45) is 1.43. The fourth-order valence-electron chi connectivity index (χ4n) is 3.05. The highest BCUT2D eigenvalue weighted by Crippen LogP contribution is 2.22. The molecule has 0 bridgehead atoms. The molecule has 2 aromatic rings. The van der Waals surface area contributed by atoms with Gasteiger partial charge in [-0.3, -0.25) is 9.59 Å². The van der Waals surface area contributed by atoms with Gasteiger partial charge in [-0.05, 0) is 49.6 Å². The Kier molecular flexibility index (Phi) is 9.55. The molecule has 0 aliphatic heterocycles. The van der Waals surface area contributed by atoms with Crippen molar-refractivity contribution in [3.8, 4) is 0 Å². The van der Waals surface area contributed by atoms with E-state index in [1.807, 2.05) is 63.2 Å². The lowest BCUT2D eigenvalue weighted by Gasteiger charge is -2.30. The molecule has 1 atom stereocenters. The number of halogens is 1. The standard InChI is InChI=1S/C23H29ClN2O2S/c1-4-13-25-23(28)21(5-2)26(15-18-8-6-7-17(3)14-18)22(27)16-29-20-11-9-19(24)10-12-20/h6-12,14,21H,4-5,13,15-16H2,1-3H3,(H,25,28)/t21-/m1/s1. The summed E-state index contributed by atoms with van der Waals surface area (Å²) >= 11 is 7.39. The van der Waals surface area contributed by atoms with Crippen LogP contribution in [-0.2, 0) is 16.1 Å². The highest BCUT2D eigenvalue weighted by atomic mass is 35.5. The van der Waals surface area contributed by atoms with Crippen LogP contribution >= 0.6 is 23.4 Å². The Bertz CT molecular complexity index is 811. The van der Waals surface area contributed by atoms with Crippen LogP contribution in [-0.4, -0.2) is 35.1 Å². The molecule has 0 aliphatic rings. The average molecular weight is 433 g/mol. The Morgan fingerprint density at radius 3 is 2.48 bits per heavy atom. The summed E-state index contributed by atoms with van der Waals surface area (Å²) in [6.45, 7) is 7.01. The van der Waals surface area contributed by atoms with Crippen molar-refractivity contribution in [2.24, 2.45) is 0 Å². The average Bonchev–Trinajstić information content (AvgIpc) is 2.71. The van der Waals surface area contributed by atoms with Crippen LogP contribution < -0.4 is 5.32 Å². The highest BCUT2D eigenvalue weighted by Gasteiger charge is 2.28. The van der Waals surface area contributed by atoms with E-state index in [1.165, 1.54) is 11.8 Å². The number of amides is 2. The predicted octanol–water partition coefficient (Wildman–Crippen LogP) is 5.07. The Balaban J connectivity index is 2.17. The summed E-state index contributed by atoms with van der Waals surface area (Å²) in [5.74, 6) is 0.127. The van der Waals surface area contributed by atoms with E-state index in [1.54, 1.807) is 4.90 Å². The molecule has 0 heterocycles. The van der Waals surface area contributed by atoms with Crippen LogP contribution in [0.5, 0.6) is 0 Å². The van der Waals surface area contributed by atoms with E-state index in [4.69, 9.17) is 11.6 Å². The zero-order valence-corrected chi connectivity index (χ0v) is 18.9. The third-order valence-corrected chi connectivity index (χ3v) is 5.80. The van der Waals surface area contributed by atoms with Gasteiger partial charge in [-0.15, -0.1) is 11.8 Å². The molecule has 0 radical (unpaired) electrons. The van der Waals surface area contributed by atoms with Gasteiger partial charge in [0.05, 0.1) is 5.75 Å². The number of thioether (sulfide) groups is 1. The van der Waals surface area contributed by atoms with Crippen molar-refractivity contribution in [2.45, 2.75) is 51.1 Å². The molecule has 29 heavy (non-hydrogen) atoms. The molecule has 4 nitrogen and oxygen atoms in total. The third-order valence-electron chi connectivity index (χ3n) is 4.55. The fourth-order valence-corrected chi connectivity index (χ4v) is 3.96. The van der Waals surface area contributed by atoms with E-state index in [2.05, 4.69) is 11.4 Å². The molecule has 0 saturated heterocycles. The second-order valence-electron chi connectivity index (χ2n) is 6.97. The smallest absolute Gasteiger partial charge is 0.242 e. The van der Waals surface area contributed by atoms with Crippen molar-refractivity contribution in [3.05, 3.63) is 64.7 Å². The van der Waals surface area contributed by atoms with Crippen LogP contribution in [0.2, 0.25) is 5.02 Å². The zero-order valence-electron chi connectivity index (χ0n) is 17.3. The largest absolute Gasteiger partial charge is 0.354 e. The lowest BCUT2D eigenvalue weighted by molar-refractivity contribution is -0.139. The summed E-state index contributed by atoms with van der Waals surface area (Å²) in [7, 11) is 0. The first-order valence-corrected chi connectivity index (χ1v) is 11.3. The Hall–Kier alpha value is -1.98. The van der Waals surface area contributed by atoms with E-state index in [0.717, 1.165) is 22.4 Å². The maximum atomic E-state index is 13.2. The van der Waals surface area contributed by atoms with Gasteiger partial charge < -0.3 is 10.2 Å². The monoisotopic (exact) mass is 432 g/mol. The van der Waals surface area contributed by atoms with Gasteiger partial charge in [-0.1, -0.05) is 55.3 Å². The van der Waals surface area contributed by atoms with E-state index in [-0.39, 0.29) is 17.6 Å². The number of nitrogens with one attached hydrogen (secondary N) is 1. The first-order valence-electron chi connectivity index (χ1n) is 9.95. The number of hydrogen-bond donors (Lipinski definition) is 1. The van der Waals surface area contributed by atoms with Gasteiger partial charge in [0.1, 0.15) is 6.04 Å². The van der Waals surface area contributed by atoms with Crippen molar-refractivity contribution in [1.29, 1.82) is 0 Å². The van der Waals surface area contributed by atoms with E-state index in [9.17, 15) is 9.59 Å². The van der Waals surface area contributed by atoms with Crippen molar-refractivity contribution in [1.82, 2.24) is 10.2 Å². The number of rotatable bonds is 10. The quantitative estimate of drug-likeness (QED) is 0.533. The predicted molar refractivity (Wildman–Crippen MR) is 121 cm³/mol. The molecule has 1 N–H and O–H groups in total. The number of carbonyl (C=O) groups excluding carboxylic acids is 2. The van der Waals surface area contributed by atoms with Crippen LogP contribution in [0, 0.1) is 6.92 Å². The minimum atomic E-state index is -0.486. The SMILES string of the molecule is CCCNC(=O)[C@@H](CC)N(Cc1cccc(C)c1)C(=O)CSc1ccc(Cl)cc1. The Morgan fingerprint density at radius 2 is 1.86 bits per heavy atom. The normalized spacial score (nSPS) is 11.7. The summed E-state index contributed by atoms with van der Waals surface area (Å²) < 4.78 is 0. The molecule has 0 aromatic heterocycles. The number of nitrogens with zero attached hydrogens (tertiary/aromatic N) is 1. The minimum Gasteiger partial charge on any atom is -0.354 e. The minimum absolute atomic E-state index is 0.0510.